The van der Waals surface area contributed by atoms with Gasteiger partial charge in [0.2, 0.25) is 5.91 Å². The van der Waals surface area contributed by atoms with E-state index in [9.17, 15) is 14.4 Å². The van der Waals surface area contributed by atoms with Gasteiger partial charge in [0.25, 0.3) is 5.91 Å². The van der Waals surface area contributed by atoms with Crippen LogP contribution >= 0.6 is 0 Å². The highest BCUT2D eigenvalue weighted by molar-refractivity contribution is 5.99. The van der Waals surface area contributed by atoms with Crippen molar-refractivity contribution >= 4 is 23.5 Å². The standard InChI is InChI=1S/C14H16N2O4/c1-9-2-4-11(5-3-9)16-7-10(6-13(16)18)14(19)20-8-12(15)17/h2-5,10H,6-8H2,1H3,(H2,15,17)/t10-/m0/s1. The van der Waals surface area contributed by atoms with Crippen LogP contribution < -0.4 is 10.6 Å². The molecule has 0 aliphatic carbocycles. The molecule has 2 amide bonds. The average Bonchev–Trinajstić information content (AvgIpc) is 2.79. The lowest BCUT2D eigenvalue weighted by Crippen LogP contribution is -2.28. The van der Waals surface area contributed by atoms with Crippen LogP contribution in [0.3, 0.4) is 0 Å². The third-order valence-electron chi connectivity index (χ3n) is 3.16. The zero-order valence-corrected chi connectivity index (χ0v) is 11.2. The lowest BCUT2D eigenvalue weighted by molar-refractivity contribution is -0.151. The van der Waals surface area contributed by atoms with Gasteiger partial charge in [-0.05, 0) is 19.1 Å². The number of carbonyl (C=O) groups excluding carboxylic acids is 3. The molecular weight excluding hydrogens is 260 g/mol. The first-order valence-corrected chi connectivity index (χ1v) is 6.29. The Morgan fingerprint density at radius 3 is 2.60 bits per heavy atom. The summed E-state index contributed by atoms with van der Waals surface area (Å²) < 4.78 is 4.75. The molecule has 1 aromatic rings. The number of anilines is 1. The first-order chi connectivity index (χ1) is 9.47. The maximum absolute atomic E-state index is 11.9. The highest BCUT2D eigenvalue weighted by Crippen LogP contribution is 2.26. The van der Waals surface area contributed by atoms with Crippen molar-refractivity contribution in [2.45, 2.75) is 13.3 Å². The first kappa shape index (κ1) is 14.0. The second kappa shape index (κ2) is 5.73. The van der Waals surface area contributed by atoms with E-state index in [-0.39, 0.29) is 18.9 Å². The van der Waals surface area contributed by atoms with E-state index in [1.807, 2.05) is 31.2 Å². The Balaban J connectivity index is 2.01. The summed E-state index contributed by atoms with van der Waals surface area (Å²) in [5, 5.41) is 0. The second-order valence-corrected chi connectivity index (χ2v) is 4.81. The Labute approximate surface area is 116 Å². The van der Waals surface area contributed by atoms with Crippen LogP contribution in [0.1, 0.15) is 12.0 Å². The summed E-state index contributed by atoms with van der Waals surface area (Å²) in [5.41, 5.74) is 6.76. The molecule has 1 heterocycles. The van der Waals surface area contributed by atoms with Crippen LogP contribution in [-0.4, -0.2) is 30.9 Å². The predicted molar refractivity (Wildman–Crippen MR) is 71.8 cm³/mol. The van der Waals surface area contributed by atoms with Gasteiger partial charge in [0, 0.05) is 18.7 Å². The van der Waals surface area contributed by atoms with Gasteiger partial charge in [-0.2, -0.15) is 0 Å². The van der Waals surface area contributed by atoms with Crippen molar-refractivity contribution in [2.24, 2.45) is 11.7 Å². The van der Waals surface area contributed by atoms with E-state index in [1.54, 1.807) is 4.90 Å². The fraction of sp³-hybridized carbons (Fsp3) is 0.357. The molecule has 6 nitrogen and oxygen atoms in total. The van der Waals surface area contributed by atoms with E-state index >= 15 is 0 Å². The molecule has 0 bridgehead atoms. The molecule has 1 aromatic carbocycles. The lowest BCUT2D eigenvalue weighted by atomic mass is 10.1. The molecule has 0 unspecified atom stereocenters. The van der Waals surface area contributed by atoms with Crippen molar-refractivity contribution in [1.29, 1.82) is 0 Å². The highest BCUT2D eigenvalue weighted by Gasteiger charge is 2.36. The van der Waals surface area contributed by atoms with Gasteiger partial charge in [-0.25, -0.2) is 0 Å². The minimum atomic E-state index is -0.710. The average molecular weight is 276 g/mol. The van der Waals surface area contributed by atoms with E-state index in [4.69, 9.17) is 10.5 Å². The summed E-state index contributed by atoms with van der Waals surface area (Å²) in [6, 6.07) is 7.48. The van der Waals surface area contributed by atoms with Gasteiger partial charge >= 0.3 is 5.97 Å². The van der Waals surface area contributed by atoms with Crippen LogP contribution in [0.25, 0.3) is 0 Å². The fourth-order valence-electron chi connectivity index (χ4n) is 2.10. The van der Waals surface area contributed by atoms with Gasteiger partial charge in [0.15, 0.2) is 6.61 Å². The summed E-state index contributed by atoms with van der Waals surface area (Å²) in [6.07, 6.45) is 0.0888. The number of carbonyl (C=O) groups is 3. The van der Waals surface area contributed by atoms with Crippen LogP contribution in [-0.2, 0) is 19.1 Å². The van der Waals surface area contributed by atoms with Crippen molar-refractivity contribution in [3.8, 4) is 0 Å². The maximum atomic E-state index is 11.9. The number of amides is 2. The van der Waals surface area contributed by atoms with Crippen LogP contribution in [0.5, 0.6) is 0 Å². The molecule has 0 spiro atoms. The van der Waals surface area contributed by atoms with Gasteiger partial charge in [0.1, 0.15) is 0 Å². The number of esters is 1. The largest absolute Gasteiger partial charge is 0.455 e. The van der Waals surface area contributed by atoms with Crippen molar-refractivity contribution < 1.29 is 19.1 Å². The molecule has 1 fully saturated rings. The van der Waals surface area contributed by atoms with Gasteiger partial charge in [-0.1, -0.05) is 17.7 Å². The number of benzene rings is 1. The van der Waals surface area contributed by atoms with Crippen molar-refractivity contribution in [2.75, 3.05) is 18.1 Å². The van der Waals surface area contributed by atoms with E-state index in [0.29, 0.717) is 0 Å². The Morgan fingerprint density at radius 2 is 2.00 bits per heavy atom. The van der Waals surface area contributed by atoms with Crippen molar-refractivity contribution in [1.82, 2.24) is 0 Å². The molecule has 6 heteroatoms. The number of nitrogens with two attached hydrogens (primary N) is 1. The van der Waals surface area contributed by atoms with E-state index in [2.05, 4.69) is 0 Å². The molecule has 2 N–H and O–H groups in total. The zero-order valence-electron chi connectivity index (χ0n) is 11.2. The summed E-state index contributed by atoms with van der Waals surface area (Å²) in [6.45, 7) is 1.77. The van der Waals surface area contributed by atoms with Gasteiger partial charge in [0.05, 0.1) is 5.92 Å². The zero-order chi connectivity index (χ0) is 14.7. The number of hydrogen-bond donors (Lipinski definition) is 1. The van der Waals surface area contributed by atoms with E-state index in [1.165, 1.54) is 0 Å². The number of aryl methyl sites for hydroxylation is 1. The molecule has 1 aliphatic heterocycles. The number of nitrogens with zero attached hydrogens (tertiary/aromatic N) is 1. The maximum Gasteiger partial charge on any atom is 0.311 e. The number of hydrogen-bond acceptors (Lipinski definition) is 4. The topological polar surface area (TPSA) is 89.7 Å². The van der Waals surface area contributed by atoms with Crippen molar-refractivity contribution in [3.05, 3.63) is 29.8 Å². The summed E-state index contributed by atoms with van der Waals surface area (Å²) in [7, 11) is 0. The molecule has 106 valence electrons. The van der Waals surface area contributed by atoms with Gasteiger partial charge < -0.3 is 15.4 Å². The second-order valence-electron chi connectivity index (χ2n) is 4.81. The molecule has 0 aromatic heterocycles. The molecule has 2 rings (SSSR count). The smallest absolute Gasteiger partial charge is 0.311 e. The Bertz CT molecular complexity index is 539. The summed E-state index contributed by atoms with van der Waals surface area (Å²) in [4.78, 5) is 35.8. The van der Waals surface area contributed by atoms with Crippen LogP contribution in [0.2, 0.25) is 0 Å². The third-order valence-corrected chi connectivity index (χ3v) is 3.16. The summed E-state index contributed by atoms with van der Waals surface area (Å²) in [5.74, 6) is -1.96. The van der Waals surface area contributed by atoms with E-state index < -0.39 is 24.4 Å². The molecule has 1 saturated heterocycles. The quantitative estimate of drug-likeness (QED) is 0.805. The minimum absolute atomic E-state index is 0.0888. The monoisotopic (exact) mass is 276 g/mol. The fourth-order valence-corrected chi connectivity index (χ4v) is 2.10. The highest BCUT2D eigenvalue weighted by atomic mass is 16.5. The van der Waals surface area contributed by atoms with Crippen molar-refractivity contribution in [3.63, 3.8) is 0 Å². The predicted octanol–water partition coefficient (Wildman–Crippen LogP) is 0.376. The minimum Gasteiger partial charge on any atom is -0.455 e. The Kier molecular flexibility index (Phi) is 4.02. The lowest BCUT2D eigenvalue weighted by Gasteiger charge is -2.16. The Hall–Kier alpha value is -2.37. The molecule has 0 radical (unpaired) electrons. The number of ether oxygens (including phenoxy) is 1. The summed E-state index contributed by atoms with van der Waals surface area (Å²) >= 11 is 0. The van der Waals surface area contributed by atoms with Gasteiger partial charge in [-0.3, -0.25) is 14.4 Å². The molecular formula is C14H16N2O4. The third kappa shape index (κ3) is 3.14. The normalized spacial score (nSPS) is 18.1. The molecule has 1 atom stereocenters. The SMILES string of the molecule is Cc1ccc(N2C[C@@H](C(=O)OCC(N)=O)CC2=O)cc1. The molecule has 0 saturated carbocycles. The first-order valence-electron chi connectivity index (χ1n) is 6.29. The molecule has 20 heavy (non-hydrogen) atoms. The molecule has 1 aliphatic rings. The van der Waals surface area contributed by atoms with Gasteiger partial charge in [-0.15, -0.1) is 0 Å². The van der Waals surface area contributed by atoms with Crippen LogP contribution in [0, 0.1) is 12.8 Å². The Morgan fingerprint density at radius 1 is 1.35 bits per heavy atom. The van der Waals surface area contributed by atoms with Crippen LogP contribution in [0.4, 0.5) is 5.69 Å². The van der Waals surface area contributed by atoms with Crippen LogP contribution in [0.15, 0.2) is 24.3 Å². The number of primary amides is 1. The number of rotatable bonds is 4. The van der Waals surface area contributed by atoms with E-state index in [0.717, 1.165) is 11.3 Å².